The number of thiophene rings is 1. The topological polar surface area (TPSA) is 35.5 Å². The normalized spacial score (nSPS) is 10.8. The Morgan fingerprint density at radius 1 is 0.962 bits per heavy atom. The Labute approximate surface area is 157 Å². The van der Waals surface area contributed by atoms with Crippen molar-refractivity contribution >= 4 is 23.2 Å². The number of hydrogen-bond donors (Lipinski definition) is 0. The molecule has 0 N–H and O–H groups in total. The predicted molar refractivity (Wildman–Crippen MR) is 106 cm³/mol. The average Bonchev–Trinajstić information content (AvgIpc) is 3.15. The van der Waals surface area contributed by atoms with Crippen molar-refractivity contribution in [1.82, 2.24) is 0 Å². The Morgan fingerprint density at radius 2 is 1.73 bits per heavy atom. The number of ether oxygens (including phenoxy) is 2. The molecule has 0 radical (unpaired) electrons. The van der Waals surface area contributed by atoms with Gasteiger partial charge in [-0.25, -0.2) is 0 Å². The largest absolute Gasteiger partial charge is 0.493 e. The number of carbonyl (C=O) groups excluding carboxylic acids is 1. The SMILES string of the molecule is COc1ccc(/C=C/C(=O)c2ccc(Cc3ccccc3)s2)cc1OC. The van der Waals surface area contributed by atoms with E-state index >= 15 is 0 Å². The summed E-state index contributed by atoms with van der Waals surface area (Å²) in [6.07, 6.45) is 4.23. The van der Waals surface area contributed by atoms with Crippen molar-refractivity contribution in [2.75, 3.05) is 14.2 Å². The van der Waals surface area contributed by atoms with Gasteiger partial charge in [-0.3, -0.25) is 4.79 Å². The Morgan fingerprint density at radius 3 is 2.46 bits per heavy atom. The van der Waals surface area contributed by atoms with E-state index in [0.29, 0.717) is 11.5 Å². The number of methoxy groups -OCH3 is 2. The summed E-state index contributed by atoms with van der Waals surface area (Å²) >= 11 is 1.54. The molecular weight excluding hydrogens is 344 g/mol. The van der Waals surface area contributed by atoms with Crippen LogP contribution in [0.4, 0.5) is 0 Å². The van der Waals surface area contributed by atoms with Crippen LogP contribution in [0.2, 0.25) is 0 Å². The van der Waals surface area contributed by atoms with E-state index in [1.165, 1.54) is 21.8 Å². The summed E-state index contributed by atoms with van der Waals surface area (Å²) < 4.78 is 10.5. The van der Waals surface area contributed by atoms with Crippen LogP contribution in [0.15, 0.2) is 66.7 Å². The van der Waals surface area contributed by atoms with Crippen molar-refractivity contribution < 1.29 is 14.3 Å². The van der Waals surface area contributed by atoms with Crippen molar-refractivity contribution in [3.8, 4) is 11.5 Å². The molecule has 0 atom stereocenters. The van der Waals surface area contributed by atoms with Gasteiger partial charge in [0.15, 0.2) is 17.3 Å². The molecule has 0 aliphatic heterocycles. The van der Waals surface area contributed by atoms with Gasteiger partial charge in [0.1, 0.15) is 0 Å². The average molecular weight is 364 g/mol. The summed E-state index contributed by atoms with van der Waals surface area (Å²) in [5.74, 6) is 1.31. The van der Waals surface area contributed by atoms with E-state index < -0.39 is 0 Å². The first-order valence-corrected chi connectivity index (χ1v) is 9.08. The molecule has 26 heavy (non-hydrogen) atoms. The Kier molecular flexibility index (Phi) is 5.87. The van der Waals surface area contributed by atoms with Crippen LogP contribution in [0.5, 0.6) is 11.5 Å². The van der Waals surface area contributed by atoms with Gasteiger partial charge in [0.25, 0.3) is 0 Å². The third kappa shape index (κ3) is 4.41. The minimum atomic E-state index is 0.00379. The maximum absolute atomic E-state index is 12.4. The maximum Gasteiger partial charge on any atom is 0.195 e. The smallest absolute Gasteiger partial charge is 0.195 e. The summed E-state index contributed by atoms with van der Waals surface area (Å²) in [4.78, 5) is 14.4. The number of hydrogen-bond acceptors (Lipinski definition) is 4. The number of rotatable bonds is 7. The molecule has 0 bridgehead atoms. The third-order valence-electron chi connectivity index (χ3n) is 3.96. The lowest BCUT2D eigenvalue weighted by Crippen LogP contribution is -1.91. The lowest BCUT2D eigenvalue weighted by molar-refractivity contribution is 0.105. The number of allylic oxidation sites excluding steroid dienone is 1. The molecule has 0 aliphatic rings. The van der Waals surface area contributed by atoms with Gasteiger partial charge < -0.3 is 9.47 Å². The molecular formula is C22H20O3S. The van der Waals surface area contributed by atoms with Gasteiger partial charge in [-0.15, -0.1) is 11.3 Å². The highest BCUT2D eigenvalue weighted by molar-refractivity contribution is 7.14. The van der Waals surface area contributed by atoms with Crippen molar-refractivity contribution in [1.29, 1.82) is 0 Å². The molecule has 132 valence electrons. The van der Waals surface area contributed by atoms with E-state index in [9.17, 15) is 4.79 Å². The summed E-state index contributed by atoms with van der Waals surface area (Å²) in [6, 6.07) is 19.7. The summed E-state index contributed by atoms with van der Waals surface area (Å²) in [6.45, 7) is 0. The van der Waals surface area contributed by atoms with Gasteiger partial charge >= 0.3 is 0 Å². The lowest BCUT2D eigenvalue weighted by Gasteiger charge is -2.07. The van der Waals surface area contributed by atoms with E-state index in [2.05, 4.69) is 12.1 Å². The number of carbonyl (C=O) groups is 1. The molecule has 0 spiro atoms. The molecule has 0 saturated heterocycles. The Bertz CT molecular complexity index is 910. The molecule has 0 fully saturated rings. The second-order valence-corrected chi connectivity index (χ2v) is 6.91. The third-order valence-corrected chi connectivity index (χ3v) is 5.06. The van der Waals surface area contributed by atoms with Gasteiger partial charge in [0.05, 0.1) is 19.1 Å². The first-order valence-electron chi connectivity index (χ1n) is 8.26. The van der Waals surface area contributed by atoms with Crippen LogP contribution in [-0.4, -0.2) is 20.0 Å². The first-order chi connectivity index (χ1) is 12.7. The first kappa shape index (κ1) is 18.0. The Balaban J connectivity index is 1.69. The molecule has 0 amide bonds. The quantitative estimate of drug-likeness (QED) is 0.424. The lowest BCUT2D eigenvalue weighted by atomic mass is 10.1. The van der Waals surface area contributed by atoms with Gasteiger partial charge in [-0.05, 0) is 41.5 Å². The van der Waals surface area contributed by atoms with Crippen LogP contribution in [0.1, 0.15) is 25.7 Å². The van der Waals surface area contributed by atoms with E-state index in [-0.39, 0.29) is 5.78 Å². The molecule has 2 aromatic carbocycles. The molecule has 1 aromatic heterocycles. The van der Waals surface area contributed by atoms with Crippen molar-refractivity contribution in [3.63, 3.8) is 0 Å². The van der Waals surface area contributed by atoms with Gasteiger partial charge in [0.2, 0.25) is 0 Å². The fourth-order valence-electron chi connectivity index (χ4n) is 2.61. The van der Waals surface area contributed by atoms with Crippen LogP contribution in [0.25, 0.3) is 6.08 Å². The zero-order valence-electron chi connectivity index (χ0n) is 14.8. The molecule has 1 heterocycles. The number of benzene rings is 2. The molecule has 3 rings (SSSR count). The number of ketones is 1. The Hall–Kier alpha value is -2.85. The van der Waals surface area contributed by atoms with Crippen LogP contribution < -0.4 is 9.47 Å². The summed E-state index contributed by atoms with van der Waals surface area (Å²) in [5.41, 5.74) is 2.13. The zero-order chi connectivity index (χ0) is 18.4. The van der Waals surface area contributed by atoms with E-state index in [1.54, 1.807) is 26.4 Å². The zero-order valence-corrected chi connectivity index (χ0v) is 15.6. The fourth-order valence-corrected chi connectivity index (χ4v) is 3.58. The molecule has 0 saturated carbocycles. The highest BCUT2D eigenvalue weighted by atomic mass is 32.1. The van der Waals surface area contributed by atoms with Crippen LogP contribution in [0.3, 0.4) is 0 Å². The van der Waals surface area contributed by atoms with Crippen LogP contribution >= 0.6 is 11.3 Å². The van der Waals surface area contributed by atoms with Crippen LogP contribution in [-0.2, 0) is 6.42 Å². The van der Waals surface area contributed by atoms with Crippen molar-refractivity contribution in [2.24, 2.45) is 0 Å². The predicted octanol–water partition coefficient (Wildman–Crippen LogP) is 5.25. The van der Waals surface area contributed by atoms with E-state index in [4.69, 9.17) is 9.47 Å². The van der Waals surface area contributed by atoms with Crippen molar-refractivity contribution in [3.05, 3.63) is 87.6 Å². The second kappa shape index (κ2) is 8.50. The van der Waals surface area contributed by atoms with Gasteiger partial charge in [-0.1, -0.05) is 42.5 Å². The standard InChI is InChI=1S/C22H20O3S/c1-24-20-12-9-17(15-21(20)25-2)8-11-19(23)22-13-10-18(26-22)14-16-6-4-3-5-7-16/h3-13,15H,14H2,1-2H3/b11-8+. The van der Waals surface area contributed by atoms with Crippen molar-refractivity contribution in [2.45, 2.75) is 6.42 Å². The van der Waals surface area contributed by atoms with E-state index in [1.807, 2.05) is 48.5 Å². The molecule has 0 aliphatic carbocycles. The molecule has 3 nitrogen and oxygen atoms in total. The minimum absolute atomic E-state index is 0.00379. The minimum Gasteiger partial charge on any atom is -0.493 e. The summed E-state index contributed by atoms with van der Waals surface area (Å²) in [7, 11) is 3.19. The molecule has 0 unspecified atom stereocenters. The van der Waals surface area contributed by atoms with E-state index in [0.717, 1.165) is 16.9 Å². The van der Waals surface area contributed by atoms with Gasteiger partial charge in [0, 0.05) is 11.3 Å². The second-order valence-electron chi connectivity index (χ2n) is 5.74. The summed E-state index contributed by atoms with van der Waals surface area (Å²) in [5, 5.41) is 0. The maximum atomic E-state index is 12.4. The van der Waals surface area contributed by atoms with Gasteiger partial charge in [-0.2, -0.15) is 0 Å². The van der Waals surface area contributed by atoms with Crippen LogP contribution in [0, 0.1) is 0 Å². The monoisotopic (exact) mass is 364 g/mol. The highest BCUT2D eigenvalue weighted by Gasteiger charge is 2.08. The fraction of sp³-hybridized carbons (Fsp3) is 0.136. The highest BCUT2D eigenvalue weighted by Crippen LogP contribution is 2.28. The molecule has 4 heteroatoms. The molecule has 3 aromatic rings.